The number of hydrogen-bond donors (Lipinski definition) is 3. The molecule has 1 aromatic heterocycles. The maximum absolute atomic E-state index is 11.4. The van der Waals surface area contributed by atoms with Gasteiger partial charge in [0.25, 0.3) is 0 Å². The van der Waals surface area contributed by atoms with E-state index in [0.717, 1.165) is 18.0 Å². The molecule has 0 aliphatic rings. The van der Waals surface area contributed by atoms with Gasteiger partial charge < -0.3 is 9.84 Å². The number of carbonyl (C=O) groups excluding carboxylic acids is 1. The van der Waals surface area contributed by atoms with E-state index < -0.39 is 22.3 Å². The Morgan fingerprint density at radius 2 is 2.11 bits per heavy atom. The zero-order valence-corrected chi connectivity index (χ0v) is 10.2. The summed E-state index contributed by atoms with van der Waals surface area (Å²) < 4.78 is 31.3. The van der Waals surface area contributed by atoms with E-state index >= 15 is 0 Å². The molecule has 1 aromatic rings. The van der Waals surface area contributed by atoms with Crippen molar-refractivity contribution in [3.8, 4) is 0 Å². The molecule has 0 aliphatic carbocycles. The molecule has 18 heavy (non-hydrogen) atoms. The molecular formula is C7H10N4O6S. The highest BCUT2D eigenvalue weighted by molar-refractivity contribution is 7.91. The van der Waals surface area contributed by atoms with Crippen LogP contribution >= 0.6 is 0 Å². The first-order valence-electron chi connectivity index (χ1n) is 4.40. The summed E-state index contributed by atoms with van der Waals surface area (Å²) in [5, 5.41) is 12.4. The van der Waals surface area contributed by atoms with Gasteiger partial charge in [-0.05, 0) is 0 Å². The first-order chi connectivity index (χ1) is 8.26. The van der Waals surface area contributed by atoms with Gasteiger partial charge in [-0.25, -0.2) is 19.0 Å². The van der Waals surface area contributed by atoms with Crippen molar-refractivity contribution in [3.63, 3.8) is 0 Å². The van der Waals surface area contributed by atoms with Gasteiger partial charge in [0.1, 0.15) is 5.56 Å². The van der Waals surface area contributed by atoms with Crippen LogP contribution in [0.2, 0.25) is 0 Å². The van der Waals surface area contributed by atoms with E-state index in [2.05, 4.69) is 9.84 Å². The van der Waals surface area contributed by atoms with Gasteiger partial charge in [-0.1, -0.05) is 0 Å². The second kappa shape index (κ2) is 4.91. The topological polar surface area (TPSA) is 140 Å². The van der Waals surface area contributed by atoms with Gasteiger partial charge in [-0.3, -0.25) is 4.68 Å². The van der Waals surface area contributed by atoms with Crippen molar-refractivity contribution in [2.45, 2.75) is 0 Å². The van der Waals surface area contributed by atoms with E-state index in [0.29, 0.717) is 0 Å². The predicted octanol–water partition coefficient (Wildman–Crippen LogP) is -0.869. The number of hydrogen-bond acceptors (Lipinski definition) is 6. The maximum Gasteiger partial charge on any atom is 0.422 e. The van der Waals surface area contributed by atoms with Crippen molar-refractivity contribution in [3.05, 3.63) is 11.8 Å². The Labute approximate surface area is 102 Å². The van der Waals surface area contributed by atoms with E-state index in [1.165, 1.54) is 11.8 Å². The van der Waals surface area contributed by atoms with Crippen molar-refractivity contribution in [1.29, 1.82) is 0 Å². The van der Waals surface area contributed by atoms with Crippen molar-refractivity contribution < 1.29 is 27.9 Å². The van der Waals surface area contributed by atoms with Gasteiger partial charge in [0.2, 0.25) is 0 Å². The molecule has 0 bridgehead atoms. The summed E-state index contributed by atoms with van der Waals surface area (Å²) in [6.45, 7) is 0. The molecule has 0 atom stereocenters. The summed E-state index contributed by atoms with van der Waals surface area (Å²) in [6.07, 6.45) is -0.236. The number of amides is 1. The van der Waals surface area contributed by atoms with Crippen molar-refractivity contribution >= 4 is 28.1 Å². The van der Waals surface area contributed by atoms with Crippen LogP contribution in [0.5, 0.6) is 0 Å². The Morgan fingerprint density at radius 3 is 2.61 bits per heavy atom. The molecule has 0 radical (unpaired) electrons. The largest absolute Gasteiger partial charge is 0.477 e. The van der Waals surface area contributed by atoms with E-state index in [9.17, 15) is 18.0 Å². The molecule has 1 amide bonds. The van der Waals surface area contributed by atoms with Crippen LogP contribution in [-0.4, -0.2) is 42.5 Å². The number of carboxylic acid groups (broad SMARTS) is 1. The summed E-state index contributed by atoms with van der Waals surface area (Å²) >= 11 is 0. The quantitative estimate of drug-likeness (QED) is 0.650. The number of methoxy groups -OCH3 is 1. The fraction of sp³-hybridized carbons (Fsp3) is 0.286. The van der Waals surface area contributed by atoms with Crippen molar-refractivity contribution in [2.24, 2.45) is 7.05 Å². The summed E-state index contributed by atoms with van der Waals surface area (Å²) in [6, 6.07) is 0. The number of aryl methyl sites for hydroxylation is 1. The van der Waals surface area contributed by atoms with Gasteiger partial charge in [0.05, 0.1) is 13.3 Å². The number of anilines is 1. The SMILES string of the molecule is COC(=O)NS(=O)(=O)Nc1c(C(=O)O)cnn1C. The fourth-order valence-corrected chi connectivity index (χ4v) is 1.87. The lowest BCUT2D eigenvalue weighted by Gasteiger charge is -2.09. The molecule has 0 unspecified atom stereocenters. The van der Waals surface area contributed by atoms with Gasteiger partial charge in [0, 0.05) is 7.05 Å². The third-order valence-electron chi connectivity index (χ3n) is 1.80. The zero-order valence-electron chi connectivity index (χ0n) is 9.37. The standard InChI is InChI=1S/C7H10N4O6S/c1-11-5(4(3-8-11)6(12)13)9-18(15,16)10-7(14)17-2/h3,9H,1-2H3,(H,10,14)(H,12,13). The molecular weight excluding hydrogens is 268 g/mol. The molecule has 0 fully saturated rings. The summed E-state index contributed by atoms with van der Waals surface area (Å²) in [5.41, 5.74) is -0.354. The molecule has 1 heterocycles. The highest BCUT2D eigenvalue weighted by atomic mass is 32.2. The summed E-state index contributed by atoms with van der Waals surface area (Å²) in [5.74, 6) is -1.65. The summed E-state index contributed by atoms with van der Waals surface area (Å²) in [7, 11) is -1.97. The van der Waals surface area contributed by atoms with Crippen LogP contribution < -0.4 is 9.44 Å². The third kappa shape index (κ3) is 3.10. The molecule has 0 saturated carbocycles. The van der Waals surface area contributed by atoms with Crippen LogP contribution in [0.25, 0.3) is 0 Å². The van der Waals surface area contributed by atoms with Gasteiger partial charge in [0.15, 0.2) is 5.82 Å². The maximum atomic E-state index is 11.4. The predicted molar refractivity (Wildman–Crippen MR) is 58.3 cm³/mol. The Kier molecular flexibility index (Phi) is 3.76. The number of nitrogens with one attached hydrogen (secondary N) is 2. The van der Waals surface area contributed by atoms with E-state index in [-0.39, 0.29) is 11.4 Å². The number of ether oxygens (including phenoxy) is 1. The normalized spacial score (nSPS) is 10.8. The number of carbonyl (C=O) groups is 2. The van der Waals surface area contributed by atoms with Crippen LogP contribution in [0.4, 0.5) is 10.6 Å². The Bertz CT molecular complexity index is 577. The molecule has 0 aromatic carbocycles. The van der Waals surface area contributed by atoms with Gasteiger partial charge >= 0.3 is 22.3 Å². The number of aromatic nitrogens is 2. The molecule has 10 nitrogen and oxygen atoms in total. The van der Waals surface area contributed by atoms with Crippen LogP contribution in [0, 0.1) is 0 Å². The Morgan fingerprint density at radius 1 is 1.50 bits per heavy atom. The minimum atomic E-state index is -4.29. The van der Waals surface area contributed by atoms with Gasteiger partial charge in [-0.2, -0.15) is 13.5 Å². The highest BCUT2D eigenvalue weighted by Gasteiger charge is 2.21. The van der Waals surface area contributed by atoms with Crippen LogP contribution in [0.1, 0.15) is 10.4 Å². The van der Waals surface area contributed by atoms with Crippen LogP contribution in [0.15, 0.2) is 6.20 Å². The van der Waals surface area contributed by atoms with Crippen molar-refractivity contribution in [1.82, 2.24) is 14.5 Å². The molecule has 0 saturated heterocycles. The van der Waals surface area contributed by atoms with E-state index in [1.807, 2.05) is 4.72 Å². The number of nitrogens with zero attached hydrogens (tertiary/aromatic N) is 2. The molecule has 0 aliphatic heterocycles. The fourth-order valence-electron chi connectivity index (χ4n) is 1.02. The summed E-state index contributed by atoms with van der Waals surface area (Å²) in [4.78, 5) is 21.6. The second-order valence-corrected chi connectivity index (χ2v) is 4.45. The smallest absolute Gasteiger partial charge is 0.422 e. The zero-order chi connectivity index (χ0) is 13.9. The Hall–Kier alpha value is -2.30. The Balaban J connectivity index is 3.01. The number of rotatable bonds is 4. The minimum Gasteiger partial charge on any atom is -0.477 e. The lowest BCUT2D eigenvalue weighted by Crippen LogP contribution is -2.36. The van der Waals surface area contributed by atoms with Crippen LogP contribution in [0.3, 0.4) is 0 Å². The minimum absolute atomic E-state index is 0.293. The van der Waals surface area contributed by atoms with Gasteiger partial charge in [-0.15, -0.1) is 0 Å². The highest BCUT2D eigenvalue weighted by Crippen LogP contribution is 2.14. The molecule has 100 valence electrons. The lowest BCUT2D eigenvalue weighted by atomic mass is 10.3. The molecule has 0 spiro atoms. The average molecular weight is 278 g/mol. The molecule has 1 rings (SSSR count). The number of aromatic carboxylic acids is 1. The molecule has 3 N–H and O–H groups in total. The monoisotopic (exact) mass is 278 g/mol. The lowest BCUT2D eigenvalue weighted by molar-refractivity contribution is 0.0698. The second-order valence-electron chi connectivity index (χ2n) is 3.03. The average Bonchev–Trinajstić information content (AvgIpc) is 2.59. The van der Waals surface area contributed by atoms with Crippen LogP contribution in [-0.2, 0) is 22.0 Å². The van der Waals surface area contributed by atoms with Crippen molar-refractivity contribution in [2.75, 3.05) is 11.8 Å². The third-order valence-corrected chi connectivity index (χ3v) is 2.70. The van der Waals surface area contributed by atoms with E-state index in [4.69, 9.17) is 5.11 Å². The molecule has 11 heteroatoms. The first-order valence-corrected chi connectivity index (χ1v) is 5.89. The number of carboxylic acids is 1. The van der Waals surface area contributed by atoms with E-state index in [1.54, 1.807) is 0 Å². The first kappa shape index (κ1) is 13.8.